The summed E-state index contributed by atoms with van der Waals surface area (Å²) in [5.74, 6) is 1.38. The first kappa shape index (κ1) is 28.0. The average molecular weight is 556 g/mol. The summed E-state index contributed by atoms with van der Waals surface area (Å²) < 4.78 is 43.9. The van der Waals surface area contributed by atoms with Gasteiger partial charge in [-0.05, 0) is 55.8 Å². The van der Waals surface area contributed by atoms with Crippen molar-refractivity contribution < 1.29 is 17.9 Å². The minimum atomic E-state index is -4.31. The molecule has 1 aromatic rings. The lowest BCUT2D eigenvalue weighted by Gasteiger charge is -2.32. The van der Waals surface area contributed by atoms with Crippen molar-refractivity contribution in [2.75, 3.05) is 53.5 Å². The zero-order valence-electron chi connectivity index (χ0n) is 18.7. The number of guanidine groups is 1. The minimum Gasteiger partial charge on any atom is -0.383 e. The van der Waals surface area contributed by atoms with E-state index in [2.05, 4.69) is 20.5 Å². The van der Waals surface area contributed by atoms with Crippen molar-refractivity contribution in [3.05, 3.63) is 35.4 Å². The largest absolute Gasteiger partial charge is 0.416 e. The number of hydrogen-bond donors (Lipinski definition) is 2. The lowest BCUT2D eigenvalue weighted by molar-refractivity contribution is -0.137. The Labute approximate surface area is 201 Å². The van der Waals surface area contributed by atoms with Crippen LogP contribution in [0.2, 0.25) is 0 Å². The molecule has 9 heteroatoms. The number of benzene rings is 1. The molecular formula is C22H36F3IN4O. The lowest BCUT2D eigenvalue weighted by Crippen LogP contribution is -2.43. The van der Waals surface area contributed by atoms with Gasteiger partial charge in [-0.3, -0.25) is 4.99 Å². The number of aliphatic imine (C=N–C) groups is 1. The minimum absolute atomic E-state index is 0. The van der Waals surface area contributed by atoms with Gasteiger partial charge in [-0.15, -0.1) is 24.0 Å². The molecule has 1 aromatic carbocycles. The molecule has 2 N–H and O–H groups in total. The second-order valence-corrected chi connectivity index (χ2v) is 7.97. The smallest absolute Gasteiger partial charge is 0.383 e. The van der Waals surface area contributed by atoms with E-state index in [-0.39, 0.29) is 29.9 Å². The third-order valence-electron chi connectivity index (χ3n) is 5.75. The molecule has 5 nitrogen and oxygen atoms in total. The standard InChI is InChI=1S/C22H35F3N4O.HI/c1-17(19-5-4-6-20(15-19)22(23,24)25)7-10-27-21(26-2)28-16-18-8-11-29(12-9-18)13-14-30-3;/h4-6,15,17-18H,7-14,16H2,1-3H3,(H2,26,27,28);1H. The van der Waals surface area contributed by atoms with E-state index in [1.54, 1.807) is 20.2 Å². The summed E-state index contributed by atoms with van der Waals surface area (Å²) in [6, 6.07) is 5.59. The zero-order chi connectivity index (χ0) is 22.0. The van der Waals surface area contributed by atoms with Crippen molar-refractivity contribution in [3.63, 3.8) is 0 Å². The van der Waals surface area contributed by atoms with E-state index in [0.717, 1.165) is 64.1 Å². The number of piperidine rings is 1. The predicted octanol–water partition coefficient (Wildman–Crippen LogP) is 4.34. The highest BCUT2D eigenvalue weighted by atomic mass is 127. The molecule has 1 unspecified atom stereocenters. The molecule has 0 amide bonds. The monoisotopic (exact) mass is 556 g/mol. The number of methoxy groups -OCH3 is 1. The summed E-state index contributed by atoms with van der Waals surface area (Å²) in [5, 5.41) is 6.67. The van der Waals surface area contributed by atoms with Crippen molar-refractivity contribution in [3.8, 4) is 0 Å². The summed E-state index contributed by atoms with van der Waals surface area (Å²) >= 11 is 0. The van der Waals surface area contributed by atoms with Crippen LogP contribution in [0, 0.1) is 5.92 Å². The Kier molecular flexibility index (Phi) is 12.8. The molecule has 0 radical (unpaired) electrons. The van der Waals surface area contributed by atoms with E-state index in [0.29, 0.717) is 18.0 Å². The molecule has 1 atom stereocenters. The molecular weight excluding hydrogens is 520 g/mol. The lowest BCUT2D eigenvalue weighted by atomic mass is 9.96. The fraction of sp³-hybridized carbons (Fsp3) is 0.682. The van der Waals surface area contributed by atoms with Crippen molar-refractivity contribution in [1.82, 2.24) is 15.5 Å². The first-order chi connectivity index (χ1) is 14.3. The van der Waals surface area contributed by atoms with Gasteiger partial charge in [-0.2, -0.15) is 13.2 Å². The zero-order valence-corrected chi connectivity index (χ0v) is 21.0. The fourth-order valence-electron chi connectivity index (χ4n) is 3.69. The van der Waals surface area contributed by atoms with Gasteiger partial charge in [0.05, 0.1) is 12.2 Å². The van der Waals surface area contributed by atoms with Crippen LogP contribution in [0.5, 0.6) is 0 Å². The molecule has 1 heterocycles. The molecule has 0 aromatic heterocycles. The van der Waals surface area contributed by atoms with Gasteiger partial charge in [-0.25, -0.2) is 0 Å². The average Bonchev–Trinajstić information content (AvgIpc) is 2.74. The van der Waals surface area contributed by atoms with Crippen molar-refractivity contribution >= 4 is 29.9 Å². The van der Waals surface area contributed by atoms with Crippen LogP contribution in [0.1, 0.15) is 43.2 Å². The van der Waals surface area contributed by atoms with E-state index in [1.165, 1.54) is 12.1 Å². The van der Waals surface area contributed by atoms with Crippen LogP contribution in [0.4, 0.5) is 13.2 Å². The predicted molar refractivity (Wildman–Crippen MR) is 130 cm³/mol. The van der Waals surface area contributed by atoms with E-state index < -0.39 is 11.7 Å². The maximum Gasteiger partial charge on any atom is 0.416 e. The Morgan fingerprint density at radius 3 is 2.58 bits per heavy atom. The van der Waals surface area contributed by atoms with Gasteiger partial charge in [0.25, 0.3) is 0 Å². The molecule has 1 fully saturated rings. The van der Waals surface area contributed by atoms with Crippen molar-refractivity contribution in [2.24, 2.45) is 10.9 Å². The number of nitrogens with one attached hydrogen (secondary N) is 2. The molecule has 1 saturated heterocycles. The molecule has 31 heavy (non-hydrogen) atoms. The van der Waals surface area contributed by atoms with Crippen molar-refractivity contribution in [1.29, 1.82) is 0 Å². The summed E-state index contributed by atoms with van der Waals surface area (Å²) in [6.45, 7) is 7.42. The Balaban J connectivity index is 0.00000480. The topological polar surface area (TPSA) is 48.9 Å². The van der Waals surface area contributed by atoms with Gasteiger partial charge < -0.3 is 20.3 Å². The Morgan fingerprint density at radius 2 is 1.97 bits per heavy atom. The van der Waals surface area contributed by atoms with E-state index in [9.17, 15) is 13.2 Å². The van der Waals surface area contributed by atoms with Crippen LogP contribution in [0.3, 0.4) is 0 Å². The van der Waals surface area contributed by atoms with Gasteiger partial charge in [0.15, 0.2) is 5.96 Å². The number of hydrogen-bond acceptors (Lipinski definition) is 3. The number of halogens is 4. The van der Waals surface area contributed by atoms with Crippen LogP contribution < -0.4 is 10.6 Å². The summed E-state index contributed by atoms with van der Waals surface area (Å²) in [6.07, 6.45) is -1.28. The van der Waals surface area contributed by atoms with Crippen LogP contribution in [-0.2, 0) is 10.9 Å². The third-order valence-corrected chi connectivity index (χ3v) is 5.75. The molecule has 0 spiro atoms. The quantitative estimate of drug-likeness (QED) is 0.270. The summed E-state index contributed by atoms with van der Waals surface area (Å²) in [5.41, 5.74) is 0.111. The SMILES string of the molecule is CN=C(NCCC(C)c1cccc(C(F)(F)F)c1)NCC1CCN(CCOC)CC1.I. The Hall–Kier alpha value is -1.07. The first-order valence-corrected chi connectivity index (χ1v) is 10.7. The fourth-order valence-corrected chi connectivity index (χ4v) is 3.69. The molecule has 1 aliphatic rings. The summed E-state index contributed by atoms with van der Waals surface area (Å²) in [4.78, 5) is 6.70. The highest BCUT2D eigenvalue weighted by Crippen LogP contribution is 2.31. The molecule has 0 aliphatic carbocycles. The molecule has 0 saturated carbocycles. The van der Waals surface area contributed by atoms with Crippen LogP contribution >= 0.6 is 24.0 Å². The maximum absolute atomic E-state index is 12.9. The van der Waals surface area contributed by atoms with Gasteiger partial charge in [0.2, 0.25) is 0 Å². The second kappa shape index (κ2) is 14.2. The third kappa shape index (κ3) is 9.95. The van der Waals surface area contributed by atoms with Crippen LogP contribution in [0.15, 0.2) is 29.3 Å². The van der Waals surface area contributed by atoms with Crippen LogP contribution in [0.25, 0.3) is 0 Å². The van der Waals surface area contributed by atoms with Gasteiger partial charge in [-0.1, -0.05) is 25.1 Å². The number of rotatable bonds is 9. The van der Waals surface area contributed by atoms with E-state index >= 15 is 0 Å². The normalized spacial score (nSPS) is 17.2. The Bertz CT molecular complexity index is 664. The van der Waals surface area contributed by atoms with Crippen molar-refractivity contribution in [2.45, 2.75) is 38.3 Å². The second-order valence-electron chi connectivity index (χ2n) is 7.97. The maximum atomic E-state index is 12.9. The highest BCUT2D eigenvalue weighted by molar-refractivity contribution is 14.0. The molecule has 2 rings (SSSR count). The van der Waals surface area contributed by atoms with E-state index in [1.807, 2.05) is 6.92 Å². The van der Waals surface area contributed by atoms with Gasteiger partial charge in [0, 0.05) is 33.8 Å². The number of likely N-dealkylation sites (tertiary alicyclic amines) is 1. The first-order valence-electron chi connectivity index (χ1n) is 10.7. The van der Waals surface area contributed by atoms with Gasteiger partial charge in [0.1, 0.15) is 0 Å². The molecule has 1 aliphatic heterocycles. The molecule has 0 bridgehead atoms. The van der Waals surface area contributed by atoms with Crippen LogP contribution in [-0.4, -0.2) is 64.3 Å². The number of nitrogens with zero attached hydrogens (tertiary/aromatic N) is 2. The number of alkyl halides is 3. The Morgan fingerprint density at radius 1 is 1.26 bits per heavy atom. The summed E-state index contributed by atoms with van der Waals surface area (Å²) in [7, 11) is 3.47. The van der Waals surface area contributed by atoms with E-state index in [4.69, 9.17) is 4.74 Å². The highest BCUT2D eigenvalue weighted by Gasteiger charge is 2.30. The number of ether oxygens (including phenoxy) is 1. The van der Waals surface area contributed by atoms with Gasteiger partial charge >= 0.3 is 6.18 Å². The molecule has 178 valence electrons.